The van der Waals surface area contributed by atoms with Gasteiger partial charge in [0.1, 0.15) is 7.05 Å². The van der Waals surface area contributed by atoms with Gasteiger partial charge in [-0.2, -0.15) is 0 Å². The van der Waals surface area contributed by atoms with Crippen LogP contribution in [0.3, 0.4) is 0 Å². The van der Waals surface area contributed by atoms with Crippen LogP contribution in [0.4, 0.5) is 0 Å². The summed E-state index contributed by atoms with van der Waals surface area (Å²) in [5.41, 5.74) is 12.1. The highest BCUT2D eigenvalue weighted by Gasteiger charge is 2.41. The van der Waals surface area contributed by atoms with Crippen LogP contribution in [0.15, 0.2) is 85.1 Å². The maximum atomic E-state index is 2.43. The fourth-order valence-electron chi connectivity index (χ4n) is 5.53. The van der Waals surface area contributed by atoms with E-state index in [1.807, 2.05) is 0 Å². The summed E-state index contributed by atoms with van der Waals surface area (Å²) in [5, 5.41) is 0. The number of pyridine rings is 1. The standard InChI is InChI=1S/C31H32N/c1-21-11-7-8-12-24(21)29-20-23(17-18-32(29)6)22-15-16-27-28(19-22)31(4,5)26-14-10-9-13-25(26)30(27,2)3/h7-20H,1-6H3/q+1. The van der Waals surface area contributed by atoms with Crippen LogP contribution < -0.4 is 4.57 Å². The lowest BCUT2D eigenvalue weighted by atomic mass is 9.60. The van der Waals surface area contributed by atoms with E-state index in [9.17, 15) is 0 Å². The van der Waals surface area contributed by atoms with E-state index < -0.39 is 0 Å². The second-order valence-electron chi connectivity index (χ2n) is 10.3. The summed E-state index contributed by atoms with van der Waals surface area (Å²) < 4.78 is 2.22. The molecule has 0 bridgehead atoms. The van der Waals surface area contributed by atoms with Crippen LogP contribution in [-0.2, 0) is 17.9 Å². The fourth-order valence-corrected chi connectivity index (χ4v) is 5.53. The molecule has 160 valence electrons. The minimum Gasteiger partial charge on any atom is -0.201 e. The summed E-state index contributed by atoms with van der Waals surface area (Å²) in [6, 6.07) is 29.3. The summed E-state index contributed by atoms with van der Waals surface area (Å²) >= 11 is 0. The molecule has 1 aromatic heterocycles. The van der Waals surface area contributed by atoms with Crippen molar-refractivity contribution in [2.45, 2.75) is 45.4 Å². The molecule has 1 heteroatoms. The molecule has 0 saturated heterocycles. The summed E-state index contributed by atoms with van der Waals surface area (Å²) in [5.74, 6) is 0. The van der Waals surface area contributed by atoms with Crippen molar-refractivity contribution in [3.63, 3.8) is 0 Å². The Morgan fingerprint density at radius 2 is 1.16 bits per heavy atom. The lowest BCUT2D eigenvalue weighted by molar-refractivity contribution is -0.660. The second kappa shape index (κ2) is 7.17. The number of fused-ring (bicyclic) bond motifs is 2. The Labute approximate surface area is 192 Å². The largest absolute Gasteiger partial charge is 0.213 e. The quantitative estimate of drug-likeness (QED) is 0.305. The van der Waals surface area contributed by atoms with Gasteiger partial charge in [-0.1, -0.05) is 82.3 Å². The monoisotopic (exact) mass is 418 g/mol. The summed E-state index contributed by atoms with van der Waals surface area (Å²) in [6.07, 6.45) is 2.18. The van der Waals surface area contributed by atoms with Gasteiger partial charge in [0.2, 0.25) is 5.69 Å². The Morgan fingerprint density at radius 1 is 0.594 bits per heavy atom. The van der Waals surface area contributed by atoms with Crippen LogP contribution in [0.1, 0.15) is 55.5 Å². The zero-order valence-corrected chi connectivity index (χ0v) is 20.0. The Kier molecular flexibility index (Phi) is 4.64. The van der Waals surface area contributed by atoms with Gasteiger partial charge in [0, 0.05) is 28.5 Å². The van der Waals surface area contributed by atoms with E-state index in [4.69, 9.17) is 0 Å². The molecule has 0 spiro atoms. The molecule has 0 unspecified atom stereocenters. The molecule has 1 aliphatic rings. The average Bonchev–Trinajstić information content (AvgIpc) is 2.79. The average molecular weight is 419 g/mol. The van der Waals surface area contributed by atoms with Crippen molar-refractivity contribution < 1.29 is 4.57 Å². The maximum absolute atomic E-state index is 2.43. The van der Waals surface area contributed by atoms with Crippen molar-refractivity contribution in [1.82, 2.24) is 0 Å². The molecule has 1 heterocycles. The molecule has 0 saturated carbocycles. The van der Waals surface area contributed by atoms with Gasteiger partial charge in [-0.15, -0.1) is 0 Å². The number of nitrogens with zero attached hydrogens (tertiary/aromatic N) is 1. The minimum atomic E-state index is -0.0320. The van der Waals surface area contributed by atoms with E-state index in [-0.39, 0.29) is 10.8 Å². The smallest absolute Gasteiger partial charge is 0.201 e. The first-order chi connectivity index (χ1) is 15.2. The molecule has 0 N–H and O–H groups in total. The predicted molar refractivity (Wildman–Crippen MR) is 134 cm³/mol. The maximum Gasteiger partial charge on any atom is 0.213 e. The lowest BCUT2D eigenvalue weighted by Gasteiger charge is -2.44. The van der Waals surface area contributed by atoms with Gasteiger partial charge in [-0.05, 0) is 58.0 Å². The van der Waals surface area contributed by atoms with Crippen molar-refractivity contribution in [3.05, 3.63) is 113 Å². The topological polar surface area (TPSA) is 3.88 Å². The van der Waals surface area contributed by atoms with Gasteiger partial charge in [0.25, 0.3) is 0 Å². The Balaban J connectivity index is 1.68. The second-order valence-corrected chi connectivity index (χ2v) is 10.3. The van der Waals surface area contributed by atoms with E-state index in [0.29, 0.717) is 0 Å². The van der Waals surface area contributed by atoms with Gasteiger partial charge < -0.3 is 0 Å². The lowest BCUT2D eigenvalue weighted by Crippen LogP contribution is -2.36. The first-order valence-corrected chi connectivity index (χ1v) is 11.5. The van der Waals surface area contributed by atoms with Gasteiger partial charge in [0.15, 0.2) is 6.20 Å². The van der Waals surface area contributed by atoms with Crippen LogP contribution in [0.25, 0.3) is 22.4 Å². The van der Waals surface area contributed by atoms with E-state index in [1.165, 1.54) is 50.2 Å². The van der Waals surface area contributed by atoms with Crippen LogP contribution in [-0.4, -0.2) is 0 Å². The Morgan fingerprint density at radius 3 is 1.84 bits per heavy atom. The molecule has 5 rings (SSSR count). The number of hydrogen-bond donors (Lipinski definition) is 0. The van der Waals surface area contributed by atoms with Crippen molar-refractivity contribution in [1.29, 1.82) is 0 Å². The molecule has 1 aliphatic carbocycles. The molecular weight excluding hydrogens is 386 g/mol. The third-order valence-electron chi connectivity index (χ3n) is 7.54. The normalized spacial score (nSPS) is 15.7. The number of rotatable bonds is 2. The molecule has 3 aromatic carbocycles. The summed E-state index contributed by atoms with van der Waals surface area (Å²) in [6.45, 7) is 11.6. The Hall–Kier alpha value is -3.19. The molecule has 0 atom stereocenters. The SMILES string of the molecule is Cc1ccccc1-c1cc(-c2ccc3c(c2)C(C)(C)c2ccccc2C3(C)C)cc[n+]1C. The molecule has 0 fully saturated rings. The summed E-state index contributed by atoms with van der Waals surface area (Å²) in [4.78, 5) is 0. The first kappa shape index (κ1) is 20.7. The van der Waals surface area contributed by atoms with Gasteiger partial charge in [-0.3, -0.25) is 0 Å². The zero-order chi connectivity index (χ0) is 22.7. The van der Waals surface area contributed by atoms with E-state index in [0.717, 1.165) is 0 Å². The van der Waals surface area contributed by atoms with Crippen LogP contribution in [0.5, 0.6) is 0 Å². The van der Waals surface area contributed by atoms with E-state index in [1.54, 1.807) is 0 Å². The number of hydrogen-bond acceptors (Lipinski definition) is 0. The molecular formula is C31H32N+. The third-order valence-corrected chi connectivity index (χ3v) is 7.54. The molecule has 0 amide bonds. The third kappa shape index (κ3) is 3.03. The van der Waals surface area contributed by atoms with Crippen molar-refractivity contribution in [2.75, 3.05) is 0 Å². The highest BCUT2D eigenvalue weighted by Crippen LogP contribution is 2.50. The van der Waals surface area contributed by atoms with Crippen LogP contribution >= 0.6 is 0 Å². The van der Waals surface area contributed by atoms with Crippen molar-refractivity contribution in [3.8, 4) is 22.4 Å². The molecule has 32 heavy (non-hydrogen) atoms. The molecule has 4 aromatic rings. The molecule has 0 radical (unpaired) electrons. The van der Waals surface area contributed by atoms with E-state index >= 15 is 0 Å². The van der Waals surface area contributed by atoms with Crippen molar-refractivity contribution >= 4 is 0 Å². The first-order valence-electron chi connectivity index (χ1n) is 11.5. The molecule has 1 nitrogen and oxygen atoms in total. The number of aryl methyl sites for hydroxylation is 2. The highest BCUT2D eigenvalue weighted by atomic mass is 14.9. The van der Waals surface area contributed by atoms with Crippen LogP contribution in [0, 0.1) is 6.92 Å². The summed E-state index contributed by atoms with van der Waals surface area (Å²) in [7, 11) is 2.13. The van der Waals surface area contributed by atoms with Gasteiger partial charge in [0.05, 0.1) is 0 Å². The van der Waals surface area contributed by atoms with Crippen molar-refractivity contribution in [2.24, 2.45) is 7.05 Å². The number of benzene rings is 3. The van der Waals surface area contributed by atoms with Crippen LogP contribution in [0.2, 0.25) is 0 Å². The van der Waals surface area contributed by atoms with Gasteiger partial charge in [-0.25, -0.2) is 4.57 Å². The fraction of sp³-hybridized carbons (Fsp3) is 0.258. The number of aromatic nitrogens is 1. The van der Waals surface area contributed by atoms with E-state index in [2.05, 4.69) is 131 Å². The Bertz CT molecular complexity index is 1340. The predicted octanol–water partition coefficient (Wildman–Crippen LogP) is 7.12. The molecule has 0 aliphatic heterocycles. The minimum absolute atomic E-state index is 0.00455. The highest BCUT2D eigenvalue weighted by molar-refractivity contribution is 5.72. The van der Waals surface area contributed by atoms with Gasteiger partial charge >= 0.3 is 0 Å². The zero-order valence-electron chi connectivity index (χ0n) is 20.0.